The van der Waals surface area contributed by atoms with Crippen molar-refractivity contribution in [3.63, 3.8) is 0 Å². The van der Waals surface area contributed by atoms with Crippen LogP contribution in [0.4, 0.5) is 5.69 Å². The van der Waals surface area contributed by atoms with Crippen molar-refractivity contribution < 1.29 is 0 Å². The molecule has 0 amide bonds. The molecule has 0 atom stereocenters. The average Bonchev–Trinajstić information content (AvgIpc) is 2.35. The average molecular weight is 329 g/mol. The molecule has 0 saturated heterocycles. The predicted molar refractivity (Wildman–Crippen MR) is 84.0 cm³/mol. The van der Waals surface area contributed by atoms with E-state index in [-0.39, 0.29) is 0 Å². The molecule has 3 aromatic carbocycles. The van der Waals surface area contributed by atoms with Gasteiger partial charge in [0.15, 0.2) is 0 Å². The molecule has 0 unspecified atom stereocenters. The highest BCUT2D eigenvalue weighted by Gasteiger charge is 2.08. The summed E-state index contributed by atoms with van der Waals surface area (Å²) in [5, 5.41) is 4.78. The third kappa shape index (κ3) is 1.60. The molecule has 2 radical (unpaired) electrons. The minimum absolute atomic E-state index is 0.650. The molecule has 3 heteroatoms. The maximum atomic E-state index is 6.01. The van der Waals surface area contributed by atoms with E-state index in [1.165, 1.54) is 16.2 Å². The SMILES string of the molecule is [B]c1cc2ccc3ccccc3c2c(I)c1N. The van der Waals surface area contributed by atoms with Crippen molar-refractivity contribution in [1.29, 1.82) is 0 Å². The number of nitrogens with two attached hydrogens (primary N) is 1. The lowest BCUT2D eigenvalue weighted by Crippen LogP contribution is -2.11. The normalized spacial score (nSPS) is 11.1. The molecule has 0 saturated carbocycles. The molecule has 3 aromatic rings. The number of hydrogen-bond acceptors (Lipinski definition) is 1. The lowest BCUT2D eigenvalue weighted by molar-refractivity contribution is 1.74. The second-order valence-corrected chi connectivity index (χ2v) is 5.16. The van der Waals surface area contributed by atoms with Crippen LogP contribution in [0.15, 0.2) is 42.5 Å². The van der Waals surface area contributed by atoms with Gasteiger partial charge in [0.1, 0.15) is 7.85 Å². The van der Waals surface area contributed by atoms with E-state index >= 15 is 0 Å². The highest BCUT2D eigenvalue weighted by molar-refractivity contribution is 14.1. The van der Waals surface area contributed by atoms with Crippen LogP contribution in [-0.4, -0.2) is 7.85 Å². The summed E-state index contributed by atoms with van der Waals surface area (Å²) in [5.74, 6) is 0. The highest BCUT2D eigenvalue weighted by Crippen LogP contribution is 2.31. The molecule has 0 aromatic heterocycles. The first-order valence-electron chi connectivity index (χ1n) is 5.33. The van der Waals surface area contributed by atoms with Gasteiger partial charge in [-0.2, -0.15) is 0 Å². The van der Waals surface area contributed by atoms with Crippen LogP contribution in [0.2, 0.25) is 0 Å². The Kier molecular flexibility index (Phi) is 2.51. The topological polar surface area (TPSA) is 26.0 Å². The summed E-state index contributed by atoms with van der Waals surface area (Å²) in [4.78, 5) is 0. The van der Waals surface area contributed by atoms with Crippen molar-refractivity contribution >= 4 is 63.1 Å². The molecule has 1 nitrogen and oxygen atoms in total. The number of nitrogen functional groups attached to an aromatic ring is 1. The molecule has 0 spiro atoms. The number of rotatable bonds is 0. The monoisotopic (exact) mass is 329 g/mol. The molecule has 0 heterocycles. The van der Waals surface area contributed by atoms with Crippen LogP contribution >= 0.6 is 22.6 Å². The largest absolute Gasteiger partial charge is 0.398 e. The van der Waals surface area contributed by atoms with Gasteiger partial charge < -0.3 is 5.73 Å². The van der Waals surface area contributed by atoms with E-state index in [4.69, 9.17) is 13.6 Å². The summed E-state index contributed by atoms with van der Waals surface area (Å²) in [7, 11) is 5.90. The Morgan fingerprint density at radius 2 is 1.71 bits per heavy atom. The third-order valence-electron chi connectivity index (χ3n) is 3.04. The molecule has 0 aliphatic rings. The number of halogens is 1. The number of anilines is 1. The molecule has 0 fully saturated rings. The number of benzene rings is 3. The van der Waals surface area contributed by atoms with E-state index in [0.717, 1.165) is 8.96 Å². The zero-order valence-electron chi connectivity index (χ0n) is 9.07. The third-order valence-corrected chi connectivity index (χ3v) is 4.16. The molecule has 2 N–H and O–H groups in total. The molecular weight excluding hydrogens is 320 g/mol. The van der Waals surface area contributed by atoms with Gasteiger partial charge in [-0.15, -0.1) is 0 Å². The number of fused-ring (bicyclic) bond motifs is 3. The van der Waals surface area contributed by atoms with Gasteiger partial charge in [-0.25, -0.2) is 0 Å². The van der Waals surface area contributed by atoms with E-state index < -0.39 is 0 Å². The van der Waals surface area contributed by atoms with Crippen molar-refractivity contribution in [3.8, 4) is 0 Å². The predicted octanol–water partition coefficient (Wildman–Crippen LogP) is 2.97. The van der Waals surface area contributed by atoms with Crippen LogP contribution in [0.5, 0.6) is 0 Å². The van der Waals surface area contributed by atoms with Gasteiger partial charge in [0, 0.05) is 14.6 Å². The molecule has 0 aliphatic carbocycles. The second kappa shape index (κ2) is 3.91. The van der Waals surface area contributed by atoms with Gasteiger partial charge >= 0.3 is 0 Å². The van der Waals surface area contributed by atoms with Crippen molar-refractivity contribution in [1.82, 2.24) is 0 Å². The summed E-state index contributed by atoms with van der Waals surface area (Å²) >= 11 is 2.27. The van der Waals surface area contributed by atoms with Gasteiger partial charge in [0.05, 0.1) is 0 Å². The minimum Gasteiger partial charge on any atom is -0.398 e. The Hall–Kier alpha value is -1.23. The van der Waals surface area contributed by atoms with Gasteiger partial charge in [-0.1, -0.05) is 47.9 Å². The van der Waals surface area contributed by atoms with Crippen LogP contribution in [0.25, 0.3) is 21.5 Å². The molecule has 0 aliphatic heterocycles. The van der Waals surface area contributed by atoms with E-state index in [9.17, 15) is 0 Å². The zero-order chi connectivity index (χ0) is 12.0. The fourth-order valence-corrected chi connectivity index (χ4v) is 3.07. The van der Waals surface area contributed by atoms with Crippen LogP contribution in [0.3, 0.4) is 0 Å². The van der Waals surface area contributed by atoms with Crippen LogP contribution < -0.4 is 11.2 Å². The smallest absolute Gasteiger partial charge is 0.116 e. The molecule has 17 heavy (non-hydrogen) atoms. The van der Waals surface area contributed by atoms with E-state index in [1.54, 1.807) is 0 Å². The molecule has 0 bridgehead atoms. The minimum atomic E-state index is 0.650. The summed E-state index contributed by atoms with van der Waals surface area (Å²) in [5.41, 5.74) is 7.33. The standard InChI is InChI=1S/C14H9BIN/c15-11-7-9-6-5-8-3-1-2-4-10(8)12(9)13(16)14(11)17/h1-7H,17H2. The van der Waals surface area contributed by atoms with E-state index in [1.807, 2.05) is 18.2 Å². The van der Waals surface area contributed by atoms with Gasteiger partial charge in [0.2, 0.25) is 0 Å². The summed E-state index contributed by atoms with van der Waals surface area (Å²) in [6.45, 7) is 0. The fourth-order valence-electron chi connectivity index (χ4n) is 2.16. The first-order chi connectivity index (χ1) is 8.18. The quantitative estimate of drug-likeness (QED) is 0.292. The Bertz CT molecular complexity index is 737. The maximum Gasteiger partial charge on any atom is 0.116 e. The van der Waals surface area contributed by atoms with Gasteiger partial charge in [-0.3, -0.25) is 0 Å². The lowest BCUT2D eigenvalue weighted by Gasteiger charge is -2.11. The van der Waals surface area contributed by atoms with Crippen LogP contribution in [-0.2, 0) is 0 Å². The van der Waals surface area contributed by atoms with Gasteiger partial charge in [0.25, 0.3) is 0 Å². The van der Waals surface area contributed by atoms with Crippen molar-refractivity contribution in [2.75, 3.05) is 5.73 Å². The van der Waals surface area contributed by atoms with Crippen molar-refractivity contribution in [2.24, 2.45) is 0 Å². The van der Waals surface area contributed by atoms with E-state index in [0.29, 0.717) is 11.2 Å². The molecule has 3 rings (SSSR count). The Labute approximate surface area is 115 Å². The molecular formula is C14H9BIN. The van der Waals surface area contributed by atoms with Crippen molar-refractivity contribution in [3.05, 3.63) is 46.0 Å². The van der Waals surface area contributed by atoms with Crippen LogP contribution in [0, 0.1) is 3.57 Å². The maximum absolute atomic E-state index is 6.01. The second-order valence-electron chi connectivity index (χ2n) is 4.08. The Morgan fingerprint density at radius 1 is 1.00 bits per heavy atom. The number of hydrogen-bond donors (Lipinski definition) is 1. The Morgan fingerprint density at radius 3 is 2.53 bits per heavy atom. The summed E-state index contributed by atoms with van der Waals surface area (Å²) < 4.78 is 1.04. The molecule has 80 valence electrons. The zero-order valence-corrected chi connectivity index (χ0v) is 11.2. The highest BCUT2D eigenvalue weighted by atomic mass is 127. The summed E-state index contributed by atoms with van der Waals surface area (Å²) in [6.07, 6.45) is 0. The fraction of sp³-hybridized carbons (Fsp3) is 0. The van der Waals surface area contributed by atoms with Gasteiger partial charge in [-0.05, 0) is 38.7 Å². The Balaban J connectivity index is 2.62. The van der Waals surface area contributed by atoms with Crippen molar-refractivity contribution in [2.45, 2.75) is 0 Å². The first-order valence-corrected chi connectivity index (χ1v) is 6.41. The van der Waals surface area contributed by atoms with Crippen LogP contribution in [0.1, 0.15) is 0 Å². The lowest BCUT2D eigenvalue weighted by atomic mass is 9.90. The first kappa shape index (κ1) is 10.9. The summed E-state index contributed by atoms with van der Waals surface area (Å²) in [6, 6.07) is 14.5. The van der Waals surface area contributed by atoms with E-state index in [2.05, 4.69) is 46.9 Å².